The molecule has 2 aliphatic rings. The molecule has 0 bridgehead atoms. The van der Waals surface area contributed by atoms with Gasteiger partial charge in [-0.25, -0.2) is 15.0 Å². The van der Waals surface area contributed by atoms with Gasteiger partial charge in [0.05, 0.1) is 29.9 Å². The summed E-state index contributed by atoms with van der Waals surface area (Å²) in [5, 5.41) is 4.68. The molecule has 6 rings (SSSR count). The minimum atomic E-state index is -0.00941. The summed E-state index contributed by atoms with van der Waals surface area (Å²) in [4.78, 5) is 15.0. The molecule has 3 heterocycles. The Morgan fingerprint density at radius 2 is 2.03 bits per heavy atom. The second-order valence-corrected chi connectivity index (χ2v) is 9.25. The third-order valence-electron chi connectivity index (χ3n) is 6.45. The minimum Gasteiger partial charge on any atom is -0.437 e. The second-order valence-electron chi connectivity index (χ2n) is 9.25. The third-order valence-corrected chi connectivity index (χ3v) is 6.45. The van der Waals surface area contributed by atoms with Crippen molar-refractivity contribution in [3.63, 3.8) is 0 Å². The van der Waals surface area contributed by atoms with E-state index in [2.05, 4.69) is 59.7 Å². The van der Waals surface area contributed by atoms with Crippen LogP contribution < -0.4 is 10.2 Å². The Morgan fingerprint density at radius 1 is 1.12 bits per heavy atom. The van der Waals surface area contributed by atoms with Crippen LogP contribution in [0, 0.1) is 13.8 Å². The average molecular weight is 454 g/mol. The standard InChI is InChI=1S/C27H27N5O2/c1-17-6-7-20(18(2)10-17)11-22-15-33-31-26(29-22)25-13-23-14-28-16-32(23)30-27(25)34-24-5-3-4-21(12-24)19-8-9-19/h3-7,10,12-14,16,19,22H,8-9,11,15H2,1-2H3,(H,29,31)/t22-/m1/s1. The number of hydrogen-bond donors (Lipinski definition) is 1. The van der Waals surface area contributed by atoms with Gasteiger partial charge < -0.3 is 4.74 Å². The van der Waals surface area contributed by atoms with Crippen molar-refractivity contribution in [1.29, 1.82) is 0 Å². The maximum atomic E-state index is 6.31. The van der Waals surface area contributed by atoms with Crippen LogP contribution in [0.25, 0.3) is 5.52 Å². The van der Waals surface area contributed by atoms with E-state index in [0.717, 1.165) is 23.3 Å². The molecular formula is C27H27N5O2. The van der Waals surface area contributed by atoms with Crippen molar-refractivity contribution in [2.24, 2.45) is 4.99 Å². The Hall–Kier alpha value is -3.71. The number of rotatable bonds is 6. The van der Waals surface area contributed by atoms with Crippen molar-refractivity contribution in [2.45, 2.75) is 45.1 Å². The number of aliphatic imine (C=N–C) groups is 1. The zero-order valence-electron chi connectivity index (χ0n) is 19.4. The maximum absolute atomic E-state index is 6.31. The Balaban J connectivity index is 1.34. The van der Waals surface area contributed by atoms with E-state index >= 15 is 0 Å². The first-order chi connectivity index (χ1) is 16.6. The molecule has 4 aromatic rings. The van der Waals surface area contributed by atoms with Crippen LogP contribution in [-0.2, 0) is 11.3 Å². The first kappa shape index (κ1) is 20.9. The Bertz CT molecular complexity index is 1390. The number of ether oxygens (including phenoxy) is 1. The fraction of sp³-hybridized carbons (Fsp3) is 0.296. The van der Waals surface area contributed by atoms with Gasteiger partial charge in [-0.15, -0.1) is 5.10 Å². The number of fused-ring (bicyclic) bond motifs is 1. The van der Waals surface area contributed by atoms with Gasteiger partial charge in [0.25, 0.3) is 0 Å². The average Bonchev–Trinajstić information content (AvgIpc) is 3.59. The number of imidazole rings is 1. The third kappa shape index (κ3) is 4.26. The lowest BCUT2D eigenvalue weighted by atomic mass is 9.99. The molecule has 0 radical (unpaired) electrons. The number of aromatic nitrogens is 3. The zero-order valence-corrected chi connectivity index (χ0v) is 19.4. The highest BCUT2D eigenvalue weighted by atomic mass is 16.6. The highest BCUT2D eigenvalue weighted by molar-refractivity contribution is 6.01. The summed E-state index contributed by atoms with van der Waals surface area (Å²) in [6, 6.07) is 16.8. The van der Waals surface area contributed by atoms with E-state index in [4.69, 9.17) is 14.6 Å². The van der Waals surface area contributed by atoms with Crippen molar-refractivity contribution < 1.29 is 9.57 Å². The van der Waals surface area contributed by atoms with Gasteiger partial charge in [-0.1, -0.05) is 35.9 Å². The van der Waals surface area contributed by atoms with Gasteiger partial charge in [-0.3, -0.25) is 9.83 Å². The summed E-state index contributed by atoms with van der Waals surface area (Å²) in [6.07, 6.45) is 6.73. The van der Waals surface area contributed by atoms with Gasteiger partial charge in [-0.05, 0) is 73.9 Å². The Labute approximate surface area is 198 Å². The van der Waals surface area contributed by atoms with Crippen LogP contribution in [0.15, 0.2) is 66.0 Å². The number of benzene rings is 2. The van der Waals surface area contributed by atoms with E-state index in [-0.39, 0.29) is 6.04 Å². The zero-order chi connectivity index (χ0) is 23.1. The lowest BCUT2D eigenvalue weighted by Gasteiger charge is -2.23. The molecule has 2 aromatic heterocycles. The van der Waals surface area contributed by atoms with Gasteiger partial charge in [0.2, 0.25) is 5.88 Å². The van der Waals surface area contributed by atoms with Crippen LogP contribution in [0.4, 0.5) is 0 Å². The SMILES string of the molecule is Cc1ccc(C[C@@H]2CONC(c3cc4cncn4nc3Oc3cccc(C4CC4)c3)=N2)c(C)c1. The molecule has 172 valence electrons. The molecule has 1 fully saturated rings. The highest BCUT2D eigenvalue weighted by Crippen LogP contribution is 2.41. The number of hydroxylamine groups is 1. The van der Waals surface area contributed by atoms with Gasteiger partial charge in [-0.2, -0.15) is 0 Å². The predicted octanol–water partition coefficient (Wildman–Crippen LogP) is 4.91. The number of nitrogens with one attached hydrogen (secondary N) is 1. The number of hydrogen-bond acceptors (Lipinski definition) is 6. The molecule has 1 aliphatic heterocycles. The predicted molar refractivity (Wildman–Crippen MR) is 131 cm³/mol. The fourth-order valence-electron chi connectivity index (χ4n) is 4.46. The summed E-state index contributed by atoms with van der Waals surface area (Å²) < 4.78 is 8.02. The minimum absolute atomic E-state index is 0.00941. The van der Waals surface area contributed by atoms with E-state index < -0.39 is 0 Å². The first-order valence-corrected chi connectivity index (χ1v) is 11.8. The monoisotopic (exact) mass is 453 g/mol. The smallest absolute Gasteiger partial charge is 0.248 e. The fourth-order valence-corrected chi connectivity index (χ4v) is 4.46. The second kappa shape index (κ2) is 8.57. The molecular weight excluding hydrogens is 426 g/mol. The largest absolute Gasteiger partial charge is 0.437 e. The maximum Gasteiger partial charge on any atom is 0.248 e. The van der Waals surface area contributed by atoms with E-state index in [1.165, 1.54) is 35.1 Å². The molecule has 7 heteroatoms. The summed E-state index contributed by atoms with van der Waals surface area (Å²) in [7, 11) is 0. The molecule has 0 spiro atoms. The molecule has 1 aliphatic carbocycles. The molecule has 2 aromatic carbocycles. The number of aryl methyl sites for hydroxylation is 2. The van der Waals surface area contributed by atoms with Gasteiger partial charge in [0.1, 0.15) is 12.1 Å². The van der Waals surface area contributed by atoms with Crippen molar-refractivity contribution >= 4 is 11.4 Å². The summed E-state index contributed by atoms with van der Waals surface area (Å²) in [6.45, 7) is 4.76. The molecule has 7 nitrogen and oxygen atoms in total. The van der Waals surface area contributed by atoms with E-state index in [0.29, 0.717) is 24.2 Å². The molecule has 0 saturated heterocycles. The summed E-state index contributed by atoms with van der Waals surface area (Å²) in [5.41, 5.74) is 9.73. The van der Waals surface area contributed by atoms with Crippen LogP contribution in [-0.4, -0.2) is 33.1 Å². The Kier molecular flexibility index (Phi) is 5.26. The molecule has 0 amide bonds. The van der Waals surface area contributed by atoms with Gasteiger partial charge >= 0.3 is 0 Å². The van der Waals surface area contributed by atoms with Crippen molar-refractivity contribution in [3.05, 3.63) is 88.9 Å². The number of amidine groups is 1. The number of nitrogens with zero attached hydrogens (tertiary/aromatic N) is 4. The van der Waals surface area contributed by atoms with Gasteiger partial charge in [0.15, 0.2) is 5.84 Å². The van der Waals surface area contributed by atoms with Crippen LogP contribution in [0.1, 0.15) is 46.6 Å². The van der Waals surface area contributed by atoms with E-state index in [9.17, 15) is 0 Å². The Morgan fingerprint density at radius 3 is 2.88 bits per heavy atom. The van der Waals surface area contributed by atoms with Crippen LogP contribution in [0.5, 0.6) is 11.6 Å². The van der Waals surface area contributed by atoms with Crippen molar-refractivity contribution in [2.75, 3.05) is 6.61 Å². The first-order valence-electron chi connectivity index (χ1n) is 11.8. The van der Waals surface area contributed by atoms with Crippen LogP contribution in [0.3, 0.4) is 0 Å². The lowest BCUT2D eigenvalue weighted by Crippen LogP contribution is -2.37. The highest BCUT2D eigenvalue weighted by Gasteiger charge is 2.25. The lowest BCUT2D eigenvalue weighted by molar-refractivity contribution is 0.0623. The van der Waals surface area contributed by atoms with Crippen LogP contribution >= 0.6 is 0 Å². The normalized spacial score (nSPS) is 17.9. The van der Waals surface area contributed by atoms with Crippen LogP contribution in [0.2, 0.25) is 0 Å². The molecule has 1 atom stereocenters. The molecule has 34 heavy (non-hydrogen) atoms. The van der Waals surface area contributed by atoms with E-state index in [1.807, 2.05) is 18.2 Å². The van der Waals surface area contributed by atoms with E-state index in [1.54, 1.807) is 17.0 Å². The summed E-state index contributed by atoms with van der Waals surface area (Å²) >= 11 is 0. The van der Waals surface area contributed by atoms with Crippen molar-refractivity contribution in [3.8, 4) is 11.6 Å². The molecule has 1 N–H and O–H groups in total. The van der Waals surface area contributed by atoms with Crippen molar-refractivity contribution in [1.82, 2.24) is 20.1 Å². The topological polar surface area (TPSA) is 73.0 Å². The quantitative estimate of drug-likeness (QED) is 0.449. The van der Waals surface area contributed by atoms with Gasteiger partial charge in [0, 0.05) is 0 Å². The molecule has 0 unspecified atom stereocenters. The molecule has 1 saturated carbocycles. The summed E-state index contributed by atoms with van der Waals surface area (Å²) in [5.74, 6) is 2.49.